The standard InChI is InChI=1S/C20H25N3O4/c1-20(2,3)27-19(25)23-17(14-26-13-15-8-5-4-6-9-15)18(24)22-16-10-7-11-21-12-16/h4-12,17H,13-14H2,1-3H3,(H,22,24)(H,23,25)/t17-/m0/s1. The number of benzene rings is 1. The predicted molar refractivity (Wildman–Crippen MR) is 102 cm³/mol. The maximum Gasteiger partial charge on any atom is 0.408 e. The predicted octanol–water partition coefficient (Wildman–Crippen LogP) is 3.13. The second-order valence-electron chi connectivity index (χ2n) is 6.93. The Labute approximate surface area is 159 Å². The highest BCUT2D eigenvalue weighted by Crippen LogP contribution is 2.09. The molecule has 1 heterocycles. The van der Waals surface area contributed by atoms with Gasteiger partial charge in [0, 0.05) is 6.20 Å². The van der Waals surface area contributed by atoms with Crippen molar-refractivity contribution in [1.29, 1.82) is 0 Å². The molecule has 2 rings (SSSR count). The van der Waals surface area contributed by atoms with Crippen molar-refractivity contribution in [1.82, 2.24) is 10.3 Å². The maximum atomic E-state index is 12.6. The number of carbonyl (C=O) groups is 2. The minimum Gasteiger partial charge on any atom is -0.444 e. The van der Waals surface area contributed by atoms with Crippen LogP contribution in [0, 0.1) is 0 Å². The molecule has 0 spiro atoms. The van der Waals surface area contributed by atoms with E-state index in [-0.39, 0.29) is 6.61 Å². The van der Waals surface area contributed by atoms with Crippen LogP contribution in [0.25, 0.3) is 0 Å². The molecular weight excluding hydrogens is 346 g/mol. The number of hydrogen-bond donors (Lipinski definition) is 2. The summed E-state index contributed by atoms with van der Waals surface area (Å²) < 4.78 is 10.9. The molecule has 0 saturated carbocycles. The zero-order chi connectivity index (χ0) is 19.7. The van der Waals surface area contributed by atoms with Crippen LogP contribution < -0.4 is 10.6 Å². The first kappa shape index (κ1) is 20.4. The largest absolute Gasteiger partial charge is 0.444 e. The topological polar surface area (TPSA) is 89.5 Å². The first-order valence-electron chi connectivity index (χ1n) is 8.65. The zero-order valence-electron chi connectivity index (χ0n) is 15.8. The van der Waals surface area contributed by atoms with Crippen molar-refractivity contribution < 1.29 is 19.1 Å². The van der Waals surface area contributed by atoms with Crippen LogP contribution in [0.2, 0.25) is 0 Å². The molecule has 0 unspecified atom stereocenters. The summed E-state index contributed by atoms with van der Waals surface area (Å²) in [5.41, 5.74) is 0.835. The Morgan fingerprint density at radius 1 is 1.11 bits per heavy atom. The van der Waals surface area contributed by atoms with E-state index in [1.165, 1.54) is 6.20 Å². The Morgan fingerprint density at radius 3 is 2.48 bits per heavy atom. The molecule has 7 heteroatoms. The molecule has 2 amide bonds. The number of aromatic nitrogens is 1. The highest BCUT2D eigenvalue weighted by molar-refractivity contribution is 5.96. The number of pyridine rings is 1. The number of nitrogens with one attached hydrogen (secondary N) is 2. The van der Waals surface area contributed by atoms with E-state index in [1.807, 2.05) is 30.3 Å². The van der Waals surface area contributed by atoms with Crippen molar-refractivity contribution in [3.8, 4) is 0 Å². The Hall–Kier alpha value is -2.93. The second-order valence-corrected chi connectivity index (χ2v) is 6.93. The van der Waals surface area contributed by atoms with Gasteiger partial charge in [0.1, 0.15) is 11.6 Å². The molecule has 0 aliphatic rings. The summed E-state index contributed by atoms with van der Waals surface area (Å²) in [6.07, 6.45) is 2.44. The molecule has 0 bridgehead atoms. The monoisotopic (exact) mass is 371 g/mol. The van der Waals surface area contributed by atoms with E-state index in [4.69, 9.17) is 9.47 Å². The summed E-state index contributed by atoms with van der Waals surface area (Å²) in [5, 5.41) is 5.27. The van der Waals surface area contributed by atoms with Crippen LogP contribution in [-0.4, -0.2) is 35.2 Å². The Kier molecular flexibility index (Phi) is 7.31. The molecule has 2 aromatic rings. The van der Waals surface area contributed by atoms with Gasteiger partial charge in [0.05, 0.1) is 25.1 Å². The lowest BCUT2D eigenvalue weighted by Crippen LogP contribution is -2.48. The van der Waals surface area contributed by atoms with Crippen LogP contribution in [0.1, 0.15) is 26.3 Å². The lowest BCUT2D eigenvalue weighted by Gasteiger charge is -2.23. The van der Waals surface area contributed by atoms with Crippen molar-refractivity contribution in [2.45, 2.75) is 39.0 Å². The Morgan fingerprint density at radius 2 is 1.85 bits per heavy atom. The summed E-state index contributed by atoms with van der Waals surface area (Å²) in [6.45, 7) is 5.59. The van der Waals surface area contributed by atoms with Crippen LogP contribution in [0.5, 0.6) is 0 Å². The molecule has 0 aliphatic carbocycles. The smallest absolute Gasteiger partial charge is 0.408 e. The summed E-state index contributed by atoms with van der Waals surface area (Å²) in [4.78, 5) is 28.6. The summed E-state index contributed by atoms with van der Waals surface area (Å²) in [6, 6.07) is 12.1. The van der Waals surface area contributed by atoms with Crippen LogP contribution in [0.15, 0.2) is 54.9 Å². The van der Waals surface area contributed by atoms with Gasteiger partial charge in [0.2, 0.25) is 5.91 Å². The van der Waals surface area contributed by atoms with Gasteiger partial charge in [-0.15, -0.1) is 0 Å². The van der Waals surface area contributed by atoms with Gasteiger partial charge >= 0.3 is 6.09 Å². The number of carbonyl (C=O) groups excluding carboxylic acids is 2. The number of anilines is 1. The Bertz CT molecular complexity index is 730. The molecule has 144 valence electrons. The van der Waals surface area contributed by atoms with E-state index < -0.39 is 23.6 Å². The van der Waals surface area contributed by atoms with Crippen LogP contribution in [0.3, 0.4) is 0 Å². The second kappa shape index (κ2) is 9.68. The van der Waals surface area contributed by atoms with Gasteiger partial charge in [-0.1, -0.05) is 30.3 Å². The molecule has 0 saturated heterocycles. The average molecular weight is 371 g/mol. The quantitative estimate of drug-likeness (QED) is 0.780. The molecule has 7 nitrogen and oxygen atoms in total. The van der Waals surface area contributed by atoms with Gasteiger partial charge < -0.3 is 20.1 Å². The maximum absolute atomic E-state index is 12.6. The number of nitrogens with zero attached hydrogens (tertiary/aromatic N) is 1. The number of rotatable bonds is 7. The van der Waals surface area contributed by atoms with Crippen LogP contribution in [0.4, 0.5) is 10.5 Å². The molecule has 0 aliphatic heterocycles. The first-order chi connectivity index (χ1) is 12.8. The fourth-order valence-corrected chi connectivity index (χ4v) is 2.17. The van der Waals surface area contributed by atoms with Crippen LogP contribution >= 0.6 is 0 Å². The average Bonchev–Trinajstić information content (AvgIpc) is 2.61. The van der Waals surface area contributed by atoms with Gasteiger partial charge in [0.15, 0.2) is 0 Å². The number of ether oxygens (including phenoxy) is 2. The summed E-state index contributed by atoms with van der Waals surface area (Å²) in [7, 11) is 0. The van der Waals surface area contributed by atoms with E-state index in [9.17, 15) is 9.59 Å². The van der Waals surface area contributed by atoms with Crippen molar-refractivity contribution in [3.63, 3.8) is 0 Å². The van der Waals surface area contributed by atoms with Gasteiger partial charge in [-0.3, -0.25) is 9.78 Å². The molecule has 0 fully saturated rings. The van der Waals surface area contributed by atoms with Gasteiger partial charge in [-0.2, -0.15) is 0 Å². The van der Waals surface area contributed by atoms with Gasteiger partial charge in [-0.25, -0.2) is 4.79 Å². The molecule has 1 atom stereocenters. The first-order valence-corrected chi connectivity index (χ1v) is 8.65. The number of alkyl carbamates (subject to hydrolysis) is 1. The lowest BCUT2D eigenvalue weighted by atomic mass is 10.2. The zero-order valence-corrected chi connectivity index (χ0v) is 15.8. The molecule has 2 N–H and O–H groups in total. The molecule has 27 heavy (non-hydrogen) atoms. The van der Waals surface area contributed by atoms with E-state index in [0.717, 1.165) is 5.56 Å². The van der Waals surface area contributed by atoms with Crippen molar-refractivity contribution in [2.24, 2.45) is 0 Å². The third-order valence-electron chi connectivity index (χ3n) is 3.33. The fourth-order valence-electron chi connectivity index (χ4n) is 2.17. The highest BCUT2D eigenvalue weighted by Gasteiger charge is 2.24. The van der Waals surface area contributed by atoms with Crippen molar-refractivity contribution in [2.75, 3.05) is 11.9 Å². The molecule has 1 aromatic carbocycles. The molecular formula is C20H25N3O4. The minimum absolute atomic E-state index is 0.000231. The van der Waals surface area contributed by atoms with E-state index in [2.05, 4.69) is 15.6 Å². The van der Waals surface area contributed by atoms with Gasteiger partial charge in [-0.05, 0) is 38.5 Å². The third-order valence-corrected chi connectivity index (χ3v) is 3.33. The van der Waals surface area contributed by atoms with E-state index >= 15 is 0 Å². The fraction of sp³-hybridized carbons (Fsp3) is 0.350. The SMILES string of the molecule is CC(C)(C)OC(=O)N[C@@H](COCc1ccccc1)C(=O)Nc1cccnc1. The Balaban J connectivity index is 1.98. The minimum atomic E-state index is -0.913. The number of hydrogen-bond acceptors (Lipinski definition) is 5. The summed E-state index contributed by atoms with van der Waals surface area (Å²) >= 11 is 0. The molecule has 1 aromatic heterocycles. The van der Waals surface area contributed by atoms with Crippen molar-refractivity contribution >= 4 is 17.7 Å². The molecule has 0 radical (unpaired) electrons. The van der Waals surface area contributed by atoms with E-state index in [1.54, 1.807) is 39.1 Å². The summed E-state index contributed by atoms with van der Waals surface area (Å²) in [5.74, 6) is -0.415. The van der Waals surface area contributed by atoms with Crippen LogP contribution in [-0.2, 0) is 20.9 Å². The number of amides is 2. The van der Waals surface area contributed by atoms with E-state index in [0.29, 0.717) is 12.3 Å². The van der Waals surface area contributed by atoms with Gasteiger partial charge in [0.25, 0.3) is 0 Å². The highest BCUT2D eigenvalue weighted by atomic mass is 16.6. The normalized spacial score (nSPS) is 12.1. The van der Waals surface area contributed by atoms with Crippen molar-refractivity contribution in [3.05, 3.63) is 60.4 Å². The third kappa shape index (κ3) is 7.87. The lowest BCUT2D eigenvalue weighted by molar-refractivity contribution is -0.119.